The van der Waals surface area contributed by atoms with E-state index >= 15 is 0 Å². The lowest BCUT2D eigenvalue weighted by Gasteiger charge is -2.16. The number of nitrogens with one attached hydrogen (secondary N) is 2. The number of carbonyl (C=O) groups is 1. The highest BCUT2D eigenvalue weighted by molar-refractivity contribution is 7.90. The van der Waals surface area contributed by atoms with Gasteiger partial charge >= 0.3 is 13.1 Å². The van der Waals surface area contributed by atoms with Crippen LogP contribution in [0.2, 0.25) is 0 Å². The summed E-state index contributed by atoms with van der Waals surface area (Å²) in [5.41, 5.74) is 5.49. The van der Waals surface area contributed by atoms with E-state index in [2.05, 4.69) is 16.5 Å². The zero-order valence-electron chi connectivity index (χ0n) is 16.3. The molecule has 158 valence electrons. The van der Waals surface area contributed by atoms with Crippen molar-refractivity contribution in [1.82, 2.24) is 14.5 Å². The summed E-state index contributed by atoms with van der Waals surface area (Å²) in [7, 11) is -5.73. The molecular weight excluding hydrogens is 407 g/mol. The molecule has 0 saturated heterocycles. The molecule has 9 nitrogen and oxygen atoms in total. The van der Waals surface area contributed by atoms with E-state index in [1.165, 1.54) is 34.1 Å². The van der Waals surface area contributed by atoms with Crippen LogP contribution in [0.4, 0.5) is 10.5 Å². The lowest BCUT2D eigenvalue weighted by atomic mass is 9.92. The number of carbonyl (C=O) groups excluding carboxylic acids is 1. The smallest absolute Gasteiger partial charge is 0.424 e. The molecule has 11 heteroatoms. The van der Waals surface area contributed by atoms with Gasteiger partial charge in [0.15, 0.2) is 5.03 Å². The quantitative estimate of drug-likeness (QED) is 0.504. The van der Waals surface area contributed by atoms with Crippen molar-refractivity contribution in [3.05, 3.63) is 52.6 Å². The van der Waals surface area contributed by atoms with Crippen molar-refractivity contribution in [3.8, 4) is 0 Å². The number of nitrogens with zero attached hydrogens (tertiary/aromatic N) is 2. The number of fused-ring (bicyclic) bond motifs is 2. The molecule has 0 unspecified atom stereocenters. The van der Waals surface area contributed by atoms with Crippen LogP contribution in [0, 0.1) is 0 Å². The fourth-order valence-electron chi connectivity index (χ4n) is 4.16. The summed E-state index contributed by atoms with van der Waals surface area (Å²) in [5, 5.41) is 24.0. The largest absolute Gasteiger partial charge is 0.480 e. The molecule has 0 radical (unpaired) electrons. The molecule has 1 aromatic heterocycles. The third-order valence-corrected chi connectivity index (χ3v) is 6.65. The number of benzene rings is 1. The lowest BCUT2D eigenvalue weighted by Crippen LogP contribution is -2.35. The Bertz CT molecular complexity index is 1080. The molecule has 0 spiro atoms. The Balaban J connectivity index is 1.48. The number of rotatable bonds is 6. The number of urea groups is 1. The number of hydrogen-bond acceptors (Lipinski definition) is 6. The average Bonchev–Trinajstić information content (AvgIpc) is 3.41. The van der Waals surface area contributed by atoms with Crippen LogP contribution in [-0.4, -0.2) is 41.4 Å². The molecule has 1 aromatic carbocycles. The van der Waals surface area contributed by atoms with Crippen molar-refractivity contribution < 1.29 is 23.3 Å². The minimum Gasteiger partial charge on any atom is -0.424 e. The second-order valence-corrected chi connectivity index (χ2v) is 9.14. The van der Waals surface area contributed by atoms with E-state index in [-0.39, 0.29) is 11.6 Å². The van der Waals surface area contributed by atoms with Gasteiger partial charge in [0.05, 0.1) is 6.54 Å². The van der Waals surface area contributed by atoms with Crippen molar-refractivity contribution in [3.63, 3.8) is 0 Å². The number of aryl methyl sites for hydroxylation is 2. The molecule has 0 fully saturated rings. The van der Waals surface area contributed by atoms with Crippen molar-refractivity contribution in [2.24, 2.45) is 0 Å². The van der Waals surface area contributed by atoms with E-state index in [9.17, 15) is 13.2 Å². The zero-order valence-corrected chi connectivity index (χ0v) is 17.2. The van der Waals surface area contributed by atoms with Gasteiger partial charge in [0.1, 0.15) is 0 Å². The molecule has 2 aromatic rings. The molecule has 4 N–H and O–H groups in total. The minimum absolute atomic E-state index is 0.154. The Hall–Kier alpha value is -2.63. The molecule has 0 bridgehead atoms. The molecule has 2 aliphatic carbocycles. The van der Waals surface area contributed by atoms with Crippen molar-refractivity contribution in [1.29, 1.82) is 0 Å². The van der Waals surface area contributed by atoms with Gasteiger partial charge in [-0.15, -0.1) is 0 Å². The van der Waals surface area contributed by atoms with Crippen LogP contribution in [0.5, 0.6) is 0 Å². The van der Waals surface area contributed by atoms with E-state index in [0.717, 1.165) is 61.3 Å². The van der Waals surface area contributed by atoms with Crippen LogP contribution in [-0.2, 0) is 42.3 Å². The molecule has 0 saturated carbocycles. The van der Waals surface area contributed by atoms with Gasteiger partial charge in [-0.1, -0.05) is 18.1 Å². The first-order valence-electron chi connectivity index (χ1n) is 9.90. The SMILES string of the molecule is O=C(Nc1c2c(cc3c1CCC3)CCC2)NS(=O)(=O)c1ccn(C/C=C/B(O)O)n1. The first kappa shape index (κ1) is 20.6. The number of hydrogen-bond donors (Lipinski definition) is 4. The standard InChI is InChI=1S/C19H23BN4O5S/c25-19(21-18-15-6-1-4-13(15)12-14-5-2-7-16(14)18)23-30(28,29)17-8-11-24(22-17)10-3-9-20(26)27/h3,8-9,11-12,26-27H,1-2,4-7,10H2,(H2,21,23,25)/b9-3+. The minimum atomic E-state index is -4.15. The first-order chi connectivity index (χ1) is 14.3. The molecular formula is C19H23BN4O5S. The Morgan fingerprint density at radius 2 is 1.83 bits per heavy atom. The van der Waals surface area contributed by atoms with Gasteiger partial charge in [-0.2, -0.15) is 13.5 Å². The predicted molar refractivity (Wildman–Crippen MR) is 111 cm³/mol. The fourth-order valence-corrected chi connectivity index (χ4v) is 5.01. The third kappa shape index (κ3) is 4.28. The summed E-state index contributed by atoms with van der Waals surface area (Å²) in [5.74, 6) is 1.14. The monoisotopic (exact) mass is 430 g/mol. The van der Waals surface area contributed by atoms with Gasteiger partial charge in [-0.3, -0.25) is 4.68 Å². The second kappa shape index (κ2) is 8.25. The van der Waals surface area contributed by atoms with Gasteiger partial charge in [-0.05, 0) is 66.8 Å². The van der Waals surface area contributed by atoms with Crippen LogP contribution in [0.25, 0.3) is 0 Å². The van der Waals surface area contributed by atoms with E-state index in [1.807, 2.05) is 4.72 Å². The van der Waals surface area contributed by atoms with E-state index < -0.39 is 23.2 Å². The zero-order chi connectivity index (χ0) is 21.3. The summed E-state index contributed by atoms with van der Waals surface area (Å²) in [6, 6.07) is 2.71. The molecule has 4 rings (SSSR count). The summed E-state index contributed by atoms with van der Waals surface area (Å²) >= 11 is 0. The van der Waals surface area contributed by atoms with Crippen LogP contribution < -0.4 is 10.0 Å². The summed E-state index contributed by atoms with van der Waals surface area (Å²) in [6.07, 6.45) is 8.66. The first-order valence-corrected chi connectivity index (χ1v) is 11.4. The fraction of sp³-hybridized carbons (Fsp3) is 0.368. The van der Waals surface area contributed by atoms with Crippen molar-refractivity contribution in [2.75, 3.05) is 5.32 Å². The second-order valence-electron chi connectivity index (χ2n) is 7.51. The number of sulfonamides is 1. The Kier molecular flexibility index (Phi) is 5.67. The number of aromatic nitrogens is 2. The van der Waals surface area contributed by atoms with E-state index in [4.69, 9.17) is 10.0 Å². The van der Waals surface area contributed by atoms with Gasteiger partial charge in [0.25, 0.3) is 10.0 Å². The highest BCUT2D eigenvalue weighted by atomic mass is 32.2. The van der Waals surface area contributed by atoms with Crippen LogP contribution in [0.1, 0.15) is 35.1 Å². The predicted octanol–water partition coefficient (Wildman–Crippen LogP) is 0.939. The maximum atomic E-state index is 12.6. The third-order valence-electron chi connectivity index (χ3n) is 5.43. The van der Waals surface area contributed by atoms with Crippen molar-refractivity contribution in [2.45, 2.75) is 50.1 Å². The Morgan fingerprint density at radius 3 is 2.47 bits per heavy atom. The summed E-state index contributed by atoms with van der Waals surface area (Å²) in [6.45, 7) is 0.154. The number of anilines is 1. The molecule has 30 heavy (non-hydrogen) atoms. The Morgan fingerprint density at radius 1 is 1.17 bits per heavy atom. The van der Waals surface area contributed by atoms with E-state index in [1.54, 1.807) is 0 Å². The molecule has 1 heterocycles. The number of amides is 2. The normalized spacial score (nSPS) is 15.3. The van der Waals surface area contributed by atoms with Crippen LogP contribution in [0.15, 0.2) is 35.4 Å². The van der Waals surface area contributed by atoms with Crippen LogP contribution >= 0.6 is 0 Å². The topological polar surface area (TPSA) is 134 Å². The van der Waals surface area contributed by atoms with Gasteiger partial charge < -0.3 is 15.4 Å². The van der Waals surface area contributed by atoms with Gasteiger partial charge in [0, 0.05) is 11.9 Å². The van der Waals surface area contributed by atoms with Gasteiger partial charge in [-0.25, -0.2) is 9.52 Å². The van der Waals surface area contributed by atoms with Crippen molar-refractivity contribution >= 4 is 28.9 Å². The molecule has 0 aliphatic heterocycles. The average molecular weight is 430 g/mol. The molecule has 2 aliphatic rings. The van der Waals surface area contributed by atoms with Crippen LogP contribution in [0.3, 0.4) is 0 Å². The highest BCUT2D eigenvalue weighted by Crippen LogP contribution is 2.38. The van der Waals surface area contributed by atoms with Gasteiger partial charge in [0.2, 0.25) is 0 Å². The Labute approximate surface area is 175 Å². The maximum Gasteiger partial charge on any atom is 0.480 e. The van der Waals surface area contributed by atoms with E-state index in [0.29, 0.717) is 0 Å². The molecule has 0 atom stereocenters. The summed E-state index contributed by atoms with van der Waals surface area (Å²) in [4.78, 5) is 12.6. The maximum absolute atomic E-state index is 12.6. The lowest BCUT2D eigenvalue weighted by molar-refractivity contribution is 0.256. The number of allylic oxidation sites excluding steroid dienone is 1. The highest BCUT2D eigenvalue weighted by Gasteiger charge is 2.27. The molecule has 2 amide bonds. The summed E-state index contributed by atoms with van der Waals surface area (Å²) < 4.78 is 28.4.